The highest BCUT2D eigenvalue weighted by atomic mass is 32.1. The Morgan fingerprint density at radius 3 is 2.95 bits per heavy atom. The van der Waals surface area contributed by atoms with Gasteiger partial charge in [0.05, 0.1) is 17.9 Å². The lowest BCUT2D eigenvalue weighted by Gasteiger charge is -2.02. The number of nitrogen functional groups attached to an aromatic ring is 1. The van der Waals surface area contributed by atoms with Crippen LogP contribution in [0.1, 0.15) is 26.8 Å². The number of aryl methyl sites for hydroxylation is 2. The average Bonchev–Trinajstić information content (AvgIpc) is 3.09. The molecule has 0 radical (unpaired) electrons. The fraction of sp³-hybridized carbons (Fsp3) is 0.250. The molecule has 1 amide bonds. The van der Waals surface area contributed by atoms with Gasteiger partial charge in [-0.05, 0) is 19.4 Å². The number of nitrogens with two attached hydrogens (primary N) is 1. The minimum Gasteiger partial charge on any atom is -0.397 e. The molecule has 3 rings (SSSR count). The van der Waals surface area contributed by atoms with Gasteiger partial charge in [-0.15, -0.1) is 16.4 Å². The van der Waals surface area contributed by atoms with Crippen LogP contribution in [0.5, 0.6) is 0 Å². The third-order valence-electron chi connectivity index (χ3n) is 3.16. The van der Waals surface area contributed by atoms with Crippen molar-refractivity contribution in [3.05, 3.63) is 28.4 Å². The number of fused-ring (bicyclic) bond motifs is 1. The number of anilines is 1. The molecule has 9 heteroatoms. The van der Waals surface area contributed by atoms with Crippen LogP contribution in [0.15, 0.2) is 10.9 Å². The van der Waals surface area contributed by atoms with E-state index in [-0.39, 0.29) is 12.5 Å². The molecule has 3 aromatic heterocycles. The number of hydrogen-bond acceptors (Lipinski definition) is 8. The van der Waals surface area contributed by atoms with E-state index in [2.05, 4.69) is 30.2 Å². The van der Waals surface area contributed by atoms with E-state index < -0.39 is 0 Å². The van der Waals surface area contributed by atoms with Crippen molar-refractivity contribution in [3.8, 4) is 0 Å². The number of thiophene rings is 1. The zero-order valence-corrected chi connectivity index (χ0v) is 12.2. The van der Waals surface area contributed by atoms with Crippen molar-refractivity contribution in [2.45, 2.75) is 20.4 Å². The number of aromatic nitrogens is 4. The van der Waals surface area contributed by atoms with Crippen LogP contribution in [0.3, 0.4) is 0 Å². The topological polar surface area (TPSA) is 120 Å². The first-order chi connectivity index (χ1) is 10.1. The first-order valence-corrected chi connectivity index (χ1v) is 6.95. The van der Waals surface area contributed by atoms with E-state index in [0.29, 0.717) is 21.2 Å². The molecule has 0 aromatic carbocycles. The van der Waals surface area contributed by atoms with Gasteiger partial charge in [0.25, 0.3) is 5.91 Å². The number of nitrogens with one attached hydrogen (secondary N) is 1. The zero-order chi connectivity index (χ0) is 15.0. The molecule has 3 aromatic rings. The highest BCUT2D eigenvalue weighted by Crippen LogP contribution is 2.34. The molecular formula is C12H12N6O2S. The van der Waals surface area contributed by atoms with Crippen LogP contribution in [0, 0.1) is 13.8 Å². The number of carbonyl (C=O) groups excluding carboxylic acids is 1. The minimum atomic E-state index is -0.294. The molecule has 0 fully saturated rings. The molecule has 21 heavy (non-hydrogen) atoms. The second-order valence-corrected chi connectivity index (χ2v) is 5.46. The maximum absolute atomic E-state index is 12.2. The van der Waals surface area contributed by atoms with Crippen LogP contribution in [0.25, 0.3) is 10.2 Å². The molecular weight excluding hydrogens is 292 g/mol. The van der Waals surface area contributed by atoms with Crippen molar-refractivity contribution in [3.63, 3.8) is 0 Å². The van der Waals surface area contributed by atoms with Crippen molar-refractivity contribution >= 4 is 33.1 Å². The van der Waals surface area contributed by atoms with E-state index in [1.165, 1.54) is 17.7 Å². The molecule has 0 spiro atoms. The van der Waals surface area contributed by atoms with Crippen molar-refractivity contribution in [1.29, 1.82) is 0 Å². The zero-order valence-electron chi connectivity index (χ0n) is 11.4. The van der Waals surface area contributed by atoms with Gasteiger partial charge in [-0.3, -0.25) is 4.79 Å². The van der Waals surface area contributed by atoms with E-state index in [1.54, 1.807) is 0 Å². The van der Waals surface area contributed by atoms with Gasteiger partial charge in [0.15, 0.2) is 5.82 Å². The van der Waals surface area contributed by atoms with E-state index in [0.717, 1.165) is 16.6 Å². The van der Waals surface area contributed by atoms with E-state index in [1.807, 2.05) is 13.8 Å². The van der Waals surface area contributed by atoms with Crippen LogP contribution in [-0.4, -0.2) is 26.2 Å². The van der Waals surface area contributed by atoms with Crippen LogP contribution < -0.4 is 11.1 Å². The van der Waals surface area contributed by atoms with E-state index in [9.17, 15) is 4.79 Å². The summed E-state index contributed by atoms with van der Waals surface area (Å²) in [5.41, 5.74) is 8.25. The molecule has 3 heterocycles. The summed E-state index contributed by atoms with van der Waals surface area (Å²) < 4.78 is 4.60. The molecule has 108 valence electrons. The summed E-state index contributed by atoms with van der Waals surface area (Å²) in [6, 6.07) is 0. The predicted octanol–water partition coefficient (Wildman–Crippen LogP) is 1.20. The Balaban J connectivity index is 1.91. The smallest absolute Gasteiger partial charge is 0.263 e. The standard InChI is InChI=1S/C12H12N6O2S/c1-5-6(2)16-17-12-8(5)9(13)10(21-12)11(19)14-3-7-15-4-20-18-7/h4H,3,13H2,1-2H3,(H,14,19). The Morgan fingerprint density at radius 2 is 2.24 bits per heavy atom. The average molecular weight is 304 g/mol. The first-order valence-electron chi connectivity index (χ1n) is 6.13. The first kappa shape index (κ1) is 13.4. The third-order valence-corrected chi connectivity index (χ3v) is 4.24. The predicted molar refractivity (Wildman–Crippen MR) is 76.8 cm³/mol. The maximum Gasteiger partial charge on any atom is 0.263 e. The normalized spacial score (nSPS) is 11.0. The molecule has 3 N–H and O–H groups in total. The minimum absolute atomic E-state index is 0.173. The molecule has 0 saturated carbocycles. The summed E-state index contributed by atoms with van der Waals surface area (Å²) in [6.45, 7) is 3.94. The summed E-state index contributed by atoms with van der Waals surface area (Å²) >= 11 is 1.22. The van der Waals surface area contributed by atoms with Gasteiger partial charge in [0.1, 0.15) is 9.71 Å². The van der Waals surface area contributed by atoms with Crippen molar-refractivity contribution < 1.29 is 9.32 Å². The fourth-order valence-electron chi connectivity index (χ4n) is 1.92. The quantitative estimate of drug-likeness (QED) is 0.746. The number of rotatable bonds is 3. The number of carbonyl (C=O) groups is 1. The summed E-state index contributed by atoms with van der Waals surface area (Å²) in [5.74, 6) is 0.104. The molecule has 8 nitrogen and oxygen atoms in total. The van der Waals surface area contributed by atoms with Gasteiger partial charge >= 0.3 is 0 Å². The molecule has 0 bridgehead atoms. The fourth-order valence-corrected chi connectivity index (χ4v) is 2.94. The monoisotopic (exact) mass is 304 g/mol. The van der Waals surface area contributed by atoms with Gasteiger partial charge in [-0.25, -0.2) is 0 Å². The van der Waals surface area contributed by atoms with Gasteiger partial charge < -0.3 is 15.6 Å². The van der Waals surface area contributed by atoms with E-state index in [4.69, 9.17) is 5.73 Å². The van der Waals surface area contributed by atoms with Crippen LogP contribution in [0.2, 0.25) is 0 Å². The lowest BCUT2D eigenvalue weighted by Crippen LogP contribution is -2.23. The van der Waals surface area contributed by atoms with Crippen molar-refractivity contribution in [2.24, 2.45) is 0 Å². The van der Waals surface area contributed by atoms with Gasteiger partial charge in [0, 0.05) is 5.39 Å². The molecule has 0 unspecified atom stereocenters. The van der Waals surface area contributed by atoms with Crippen LogP contribution in [-0.2, 0) is 6.54 Å². The largest absolute Gasteiger partial charge is 0.397 e. The number of hydrogen-bond donors (Lipinski definition) is 2. The molecule has 0 aliphatic heterocycles. The van der Waals surface area contributed by atoms with Crippen molar-refractivity contribution in [2.75, 3.05) is 5.73 Å². The highest BCUT2D eigenvalue weighted by molar-refractivity contribution is 7.21. The third kappa shape index (κ3) is 2.31. The second-order valence-electron chi connectivity index (χ2n) is 4.47. The summed E-state index contributed by atoms with van der Waals surface area (Å²) in [4.78, 5) is 17.1. The number of amides is 1. The Hall–Kier alpha value is -2.55. The molecule has 0 saturated heterocycles. The second kappa shape index (κ2) is 5.09. The maximum atomic E-state index is 12.2. The Morgan fingerprint density at radius 1 is 1.43 bits per heavy atom. The highest BCUT2D eigenvalue weighted by Gasteiger charge is 2.19. The van der Waals surface area contributed by atoms with Crippen LogP contribution in [0.4, 0.5) is 5.69 Å². The molecule has 0 atom stereocenters. The number of nitrogens with zero attached hydrogens (tertiary/aromatic N) is 4. The molecule has 0 aliphatic carbocycles. The van der Waals surface area contributed by atoms with Gasteiger partial charge in [0.2, 0.25) is 6.39 Å². The summed E-state index contributed by atoms with van der Waals surface area (Å²) in [6.07, 6.45) is 1.21. The lowest BCUT2D eigenvalue weighted by molar-refractivity contribution is 0.0954. The van der Waals surface area contributed by atoms with Gasteiger partial charge in [-0.1, -0.05) is 5.16 Å². The van der Waals surface area contributed by atoms with Crippen LogP contribution >= 0.6 is 11.3 Å². The lowest BCUT2D eigenvalue weighted by atomic mass is 10.1. The van der Waals surface area contributed by atoms with Gasteiger partial charge in [-0.2, -0.15) is 10.1 Å². The summed E-state index contributed by atoms with van der Waals surface area (Å²) in [5, 5.41) is 15.2. The Kier molecular flexibility index (Phi) is 3.26. The Labute approximate surface area is 123 Å². The van der Waals surface area contributed by atoms with E-state index >= 15 is 0 Å². The van der Waals surface area contributed by atoms with Crippen molar-refractivity contribution in [1.82, 2.24) is 25.7 Å². The Bertz CT molecular complexity index is 811. The SMILES string of the molecule is Cc1nnc2sc(C(=O)NCc3ncon3)c(N)c2c1C. The molecule has 0 aliphatic rings. The summed E-state index contributed by atoms with van der Waals surface area (Å²) in [7, 11) is 0.